The van der Waals surface area contributed by atoms with Gasteiger partial charge in [-0.15, -0.1) is 11.8 Å². The van der Waals surface area contributed by atoms with Crippen LogP contribution >= 0.6 is 11.8 Å². The summed E-state index contributed by atoms with van der Waals surface area (Å²) in [5, 5.41) is 0.183. The van der Waals surface area contributed by atoms with Crippen LogP contribution in [0.3, 0.4) is 0 Å². The highest BCUT2D eigenvalue weighted by atomic mass is 32.2. The lowest BCUT2D eigenvalue weighted by molar-refractivity contribution is -0.128. The van der Waals surface area contributed by atoms with E-state index in [2.05, 4.69) is 52.8 Å². The predicted octanol–water partition coefficient (Wildman–Crippen LogP) is 3.59. The van der Waals surface area contributed by atoms with Crippen LogP contribution < -0.4 is 4.90 Å². The zero-order valence-corrected chi connectivity index (χ0v) is 16.4. The molecule has 0 bridgehead atoms. The first-order chi connectivity index (χ1) is 12.2. The molecule has 25 heavy (non-hydrogen) atoms. The van der Waals surface area contributed by atoms with Crippen molar-refractivity contribution in [1.29, 1.82) is 0 Å². The highest BCUT2D eigenvalue weighted by molar-refractivity contribution is 8.00. The molecule has 0 aromatic heterocycles. The van der Waals surface area contributed by atoms with Crippen LogP contribution in [0.5, 0.6) is 0 Å². The van der Waals surface area contributed by atoms with Gasteiger partial charge in [-0.2, -0.15) is 0 Å². The molecule has 1 unspecified atom stereocenters. The van der Waals surface area contributed by atoms with E-state index in [0.717, 1.165) is 26.2 Å². The second kappa shape index (κ2) is 8.95. The van der Waals surface area contributed by atoms with Gasteiger partial charge in [0.25, 0.3) is 0 Å². The fourth-order valence-corrected chi connectivity index (χ4v) is 5.06. The first-order valence-electron chi connectivity index (χ1n) is 9.71. The minimum absolute atomic E-state index is 0.183. The fraction of sp³-hybridized carbons (Fsp3) is 0.650. The van der Waals surface area contributed by atoms with Crippen molar-refractivity contribution in [1.82, 2.24) is 9.80 Å². The molecule has 2 aliphatic heterocycles. The third-order valence-electron chi connectivity index (χ3n) is 5.38. The Morgan fingerprint density at radius 2 is 1.72 bits per heavy atom. The average Bonchev–Trinajstić information content (AvgIpc) is 3.03. The highest BCUT2D eigenvalue weighted by Gasteiger charge is 2.32. The summed E-state index contributed by atoms with van der Waals surface area (Å²) in [6.45, 7) is 10.7. The lowest BCUT2D eigenvalue weighted by Gasteiger charge is -2.31. The standard InChI is InChI=1S/C20H31N3OS/c1-3-22(4-2)18-10-8-17(9-11-18)20-23(19(24)16-25-20)15-14-21-12-6-5-7-13-21/h8-11,20H,3-7,12-16H2,1-2H3. The lowest BCUT2D eigenvalue weighted by atomic mass is 10.1. The van der Waals surface area contributed by atoms with Gasteiger partial charge in [0.2, 0.25) is 5.91 Å². The Hall–Kier alpha value is -1.20. The predicted molar refractivity (Wildman–Crippen MR) is 107 cm³/mol. The molecule has 0 saturated carbocycles. The molecule has 1 aromatic rings. The largest absolute Gasteiger partial charge is 0.372 e. The number of carbonyl (C=O) groups is 1. The normalized spacial score (nSPS) is 21.8. The Morgan fingerprint density at radius 1 is 1.04 bits per heavy atom. The first kappa shape index (κ1) is 18.6. The maximum absolute atomic E-state index is 12.4. The third-order valence-corrected chi connectivity index (χ3v) is 6.64. The van der Waals surface area contributed by atoms with E-state index in [4.69, 9.17) is 0 Å². The van der Waals surface area contributed by atoms with Gasteiger partial charge in [0, 0.05) is 31.9 Å². The van der Waals surface area contributed by atoms with Crippen molar-refractivity contribution in [3.05, 3.63) is 29.8 Å². The number of rotatable bonds is 7. The first-order valence-corrected chi connectivity index (χ1v) is 10.8. The topological polar surface area (TPSA) is 26.8 Å². The molecule has 3 rings (SSSR count). The summed E-state index contributed by atoms with van der Waals surface area (Å²) >= 11 is 1.77. The van der Waals surface area contributed by atoms with Crippen LogP contribution in [0, 0.1) is 0 Å². The zero-order valence-electron chi connectivity index (χ0n) is 15.6. The highest BCUT2D eigenvalue weighted by Crippen LogP contribution is 2.38. The minimum atomic E-state index is 0.183. The third kappa shape index (κ3) is 4.50. The number of hydrogen-bond acceptors (Lipinski definition) is 4. The Morgan fingerprint density at radius 3 is 2.36 bits per heavy atom. The molecule has 0 radical (unpaired) electrons. The van der Waals surface area contributed by atoms with Crippen LogP contribution in [0.15, 0.2) is 24.3 Å². The smallest absolute Gasteiger partial charge is 0.233 e. The number of carbonyl (C=O) groups excluding carboxylic acids is 1. The molecule has 1 atom stereocenters. The van der Waals surface area contributed by atoms with Crippen molar-refractivity contribution in [2.75, 3.05) is 49.9 Å². The summed E-state index contributed by atoms with van der Waals surface area (Å²) in [6, 6.07) is 8.82. The Labute approximate surface area is 156 Å². The number of nitrogens with zero attached hydrogens (tertiary/aromatic N) is 3. The molecule has 2 heterocycles. The molecule has 2 fully saturated rings. The Balaban J connectivity index is 1.64. The van der Waals surface area contributed by atoms with E-state index in [1.807, 2.05) is 0 Å². The van der Waals surface area contributed by atoms with Gasteiger partial charge < -0.3 is 14.7 Å². The van der Waals surface area contributed by atoms with Crippen molar-refractivity contribution >= 4 is 23.4 Å². The van der Waals surface area contributed by atoms with Crippen LogP contribution in [0.1, 0.15) is 44.0 Å². The molecule has 2 aliphatic rings. The zero-order chi connectivity index (χ0) is 17.6. The SMILES string of the molecule is CCN(CC)c1ccc(C2SCC(=O)N2CCN2CCCCC2)cc1. The van der Waals surface area contributed by atoms with E-state index in [-0.39, 0.29) is 5.37 Å². The van der Waals surface area contributed by atoms with E-state index in [0.29, 0.717) is 11.7 Å². The van der Waals surface area contributed by atoms with E-state index < -0.39 is 0 Å². The fourth-order valence-electron chi connectivity index (χ4n) is 3.84. The molecule has 1 aromatic carbocycles. The summed E-state index contributed by atoms with van der Waals surface area (Å²) in [5.41, 5.74) is 2.52. The van der Waals surface area contributed by atoms with Gasteiger partial charge in [0.1, 0.15) is 5.37 Å². The quantitative estimate of drug-likeness (QED) is 0.741. The van der Waals surface area contributed by atoms with Gasteiger partial charge in [0.15, 0.2) is 0 Å². The lowest BCUT2D eigenvalue weighted by Crippen LogP contribution is -2.39. The van der Waals surface area contributed by atoms with E-state index in [9.17, 15) is 4.79 Å². The second-order valence-corrected chi connectivity index (χ2v) is 7.99. The number of thioether (sulfide) groups is 1. The molecule has 2 saturated heterocycles. The molecule has 5 heteroatoms. The van der Waals surface area contributed by atoms with Crippen molar-refractivity contribution in [3.8, 4) is 0 Å². The molecular formula is C20H31N3OS. The van der Waals surface area contributed by atoms with Gasteiger partial charge in [0.05, 0.1) is 5.75 Å². The minimum Gasteiger partial charge on any atom is -0.372 e. The van der Waals surface area contributed by atoms with Gasteiger partial charge >= 0.3 is 0 Å². The van der Waals surface area contributed by atoms with E-state index in [1.165, 1.54) is 43.6 Å². The molecule has 0 aliphatic carbocycles. The van der Waals surface area contributed by atoms with Crippen molar-refractivity contribution in [3.63, 3.8) is 0 Å². The molecule has 0 N–H and O–H groups in total. The van der Waals surface area contributed by atoms with Crippen LogP contribution in [0.2, 0.25) is 0 Å². The molecule has 4 nitrogen and oxygen atoms in total. The van der Waals surface area contributed by atoms with Crippen molar-refractivity contribution in [2.24, 2.45) is 0 Å². The molecular weight excluding hydrogens is 330 g/mol. The number of hydrogen-bond donors (Lipinski definition) is 0. The van der Waals surface area contributed by atoms with Crippen LogP contribution in [-0.2, 0) is 4.79 Å². The number of anilines is 1. The van der Waals surface area contributed by atoms with Crippen LogP contribution in [-0.4, -0.2) is 60.7 Å². The molecule has 138 valence electrons. The van der Waals surface area contributed by atoms with Crippen LogP contribution in [0.4, 0.5) is 5.69 Å². The van der Waals surface area contributed by atoms with Gasteiger partial charge in [-0.1, -0.05) is 18.6 Å². The van der Waals surface area contributed by atoms with Gasteiger partial charge in [-0.25, -0.2) is 0 Å². The molecule has 0 spiro atoms. The summed E-state index contributed by atoms with van der Waals surface area (Å²) in [4.78, 5) is 19.3. The number of benzene rings is 1. The monoisotopic (exact) mass is 361 g/mol. The summed E-state index contributed by atoms with van der Waals surface area (Å²) in [6.07, 6.45) is 3.97. The Kier molecular flexibility index (Phi) is 6.65. The second-order valence-electron chi connectivity index (χ2n) is 6.92. The Bertz CT molecular complexity index is 553. The average molecular weight is 362 g/mol. The van der Waals surface area contributed by atoms with Gasteiger partial charge in [-0.05, 0) is 57.5 Å². The van der Waals surface area contributed by atoms with Crippen LogP contribution in [0.25, 0.3) is 0 Å². The van der Waals surface area contributed by atoms with E-state index >= 15 is 0 Å². The maximum Gasteiger partial charge on any atom is 0.233 e. The maximum atomic E-state index is 12.4. The van der Waals surface area contributed by atoms with Crippen molar-refractivity contribution in [2.45, 2.75) is 38.5 Å². The molecule has 1 amide bonds. The van der Waals surface area contributed by atoms with E-state index in [1.54, 1.807) is 11.8 Å². The number of piperidine rings is 1. The number of likely N-dealkylation sites (tertiary alicyclic amines) is 1. The van der Waals surface area contributed by atoms with Gasteiger partial charge in [-0.3, -0.25) is 4.79 Å². The summed E-state index contributed by atoms with van der Waals surface area (Å²) < 4.78 is 0. The summed E-state index contributed by atoms with van der Waals surface area (Å²) in [5.74, 6) is 0.905. The van der Waals surface area contributed by atoms with Crippen molar-refractivity contribution < 1.29 is 4.79 Å². The number of amides is 1. The summed E-state index contributed by atoms with van der Waals surface area (Å²) in [7, 11) is 0.